The molecule has 0 amide bonds. The SMILES string of the molecule is CCCNCCCCCOC1COC1. The summed E-state index contributed by atoms with van der Waals surface area (Å²) in [6.07, 6.45) is 5.34. The van der Waals surface area contributed by atoms with Gasteiger partial charge in [-0.2, -0.15) is 0 Å². The Morgan fingerprint density at radius 3 is 2.71 bits per heavy atom. The third-order valence-electron chi connectivity index (χ3n) is 2.39. The quantitative estimate of drug-likeness (QED) is 0.574. The molecule has 0 unspecified atom stereocenters. The second-order valence-corrected chi connectivity index (χ2v) is 3.84. The van der Waals surface area contributed by atoms with E-state index in [-0.39, 0.29) is 0 Å². The first-order valence-corrected chi connectivity index (χ1v) is 5.83. The fourth-order valence-corrected chi connectivity index (χ4v) is 1.39. The first-order chi connectivity index (χ1) is 6.93. The number of nitrogens with one attached hydrogen (secondary N) is 1. The van der Waals surface area contributed by atoms with Gasteiger partial charge in [0.2, 0.25) is 0 Å². The molecule has 1 aliphatic heterocycles. The molecule has 0 radical (unpaired) electrons. The normalized spacial score (nSPS) is 16.9. The highest BCUT2D eigenvalue weighted by molar-refractivity contribution is 4.63. The van der Waals surface area contributed by atoms with Crippen LogP contribution in [0, 0.1) is 0 Å². The van der Waals surface area contributed by atoms with Crippen molar-refractivity contribution in [1.82, 2.24) is 5.32 Å². The molecule has 3 nitrogen and oxygen atoms in total. The number of rotatable bonds is 9. The Kier molecular flexibility index (Phi) is 7.01. The van der Waals surface area contributed by atoms with E-state index in [4.69, 9.17) is 9.47 Å². The maximum atomic E-state index is 5.56. The molecule has 0 aromatic rings. The fourth-order valence-electron chi connectivity index (χ4n) is 1.39. The molecule has 0 bridgehead atoms. The predicted molar refractivity (Wildman–Crippen MR) is 57.6 cm³/mol. The van der Waals surface area contributed by atoms with Crippen LogP contribution >= 0.6 is 0 Å². The van der Waals surface area contributed by atoms with Crippen LogP contribution in [-0.4, -0.2) is 39.0 Å². The van der Waals surface area contributed by atoms with E-state index in [1.54, 1.807) is 0 Å². The highest BCUT2D eigenvalue weighted by atomic mass is 16.6. The molecule has 1 fully saturated rings. The summed E-state index contributed by atoms with van der Waals surface area (Å²) in [5.41, 5.74) is 0. The molecule has 0 aliphatic carbocycles. The summed E-state index contributed by atoms with van der Waals surface area (Å²) in [6.45, 7) is 7.01. The highest BCUT2D eigenvalue weighted by Crippen LogP contribution is 2.06. The van der Waals surface area contributed by atoms with Crippen molar-refractivity contribution < 1.29 is 9.47 Å². The van der Waals surface area contributed by atoms with Crippen LogP contribution in [0.2, 0.25) is 0 Å². The van der Waals surface area contributed by atoms with Crippen molar-refractivity contribution >= 4 is 0 Å². The highest BCUT2D eigenvalue weighted by Gasteiger charge is 2.17. The smallest absolute Gasteiger partial charge is 0.104 e. The lowest BCUT2D eigenvalue weighted by molar-refractivity contribution is -0.129. The zero-order valence-electron chi connectivity index (χ0n) is 9.26. The summed E-state index contributed by atoms with van der Waals surface area (Å²) >= 11 is 0. The van der Waals surface area contributed by atoms with E-state index in [2.05, 4.69) is 12.2 Å². The standard InChI is InChI=1S/C11H23NO2/c1-2-6-12-7-4-3-5-8-14-11-9-13-10-11/h11-12H,2-10H2,1H3. The van der Waals surface area contributed by atoms with Gasteiger partial charge in [-0.05, 0) is 38.8 Å². The number of ether oxygens (including phenoxy) is 2. The summed E-state index contributed by atoms with van der Waals surface area (Å²) in [4.78, 5) is 0. The van der Waals surface area contributed by atoms with Crippen molar-refractivity contribution in [3.8, 4) is 0 Å². The molecule has 0 spiro atoms. The van der Waals surface area contributed by atoms with Crippen LogP contribution in [-0.2, 0) is 9.47 Å². The van der Waals surface area contributed by atoms with Gasteiger partial charge in [0, 0.05) is 6.61 Å². The van der Waals surface area contributed by atoms with Crippen molar-refractivity contribution in [2.24, 2.45) is 0 Å². The van der Waals surface area contributed by atoms with Crippen LogP contribution in [0.15, 0.2) is 0 Å². The van der Waals surface area contributed by atoms with Gasteiger partial charge in [-0.3, -0.25) is 0 Å². The van der Waals surface area contributed by atoms with Crippen molar-refractivity contribution in [3.05, 3.63) is 0 Å². The van der Waals surface area contributed by atoms with E-state index in [9.17, 15) is 0 Å². The number of unbranched alkanes of at least 4 members (excludes halogenated alkanes) is 2. The van der Waals surface area contributed by atoms with Crippen molar-refractivity contribution in [3.63, 3.8) is 0 Å². The molecule has 1 rings (SSSR count). The Labute approximate surface area is 87.2 Å². The van der Waals surface area contributed by atoms with E-state index in [1.807, 2.05) is 0 Å². The van der Waals surface area contributed by atoms with Gasteiger partial charge >= 0.3 is 0 Å². The van der Waals surface area contributed by atoms with Crippen LogP contribution in [0.1, 0.15) is 32.6 Å². The summed E-state index contributed by atoms with van der Waals surface area (Å²) in [5.74, 6) is 0. The molecule has 84 valence electrons. The van der Waals surface area contributed by atoms with Gasteiger partial charge in [0.1, 0.15) is 6.10 Å². The third kappa shape index (κ3) is 5.58. The molecular formula is C11H23NO2. The Morgan fingerprint density at radius 2 is 2.07 bits per heavy atom. The van der Waals surface area contributed by atoms with E-state index in [0.29, 0.717) is 6.10 Å². The second-order valence-electron chi connectivity index (χ2n) is 3.84. The van der Waals surface area contributed by atoms with Gasteiger partial charge in [0.15, 0.2) is 0 Å². The largest absolute Gasteiger partial charge is 0.376 e. The van der Waals surface area contributed by atoms with Gasteiger partial charge in [0.05, 0.1) is 13.2 Å². The van der Waals surface area contributed by atoms with Gasteiger partial charge < -0.3 is 14.8 Å². The molecule has 1 heterocycles. The Hall–Kier alpha value is -0.120. The number of hydrogen-bond acceptors (Lipinski definition) is 3. The average molecular weight is 201 g/mol. The lowest BCUT2D eigenvalue weighted by Gasteiger charge is -2.25. The zero-order valence-corrected chi connectivity index (χ0v) is 9.26. The van der Waals surface area contributed by atoms with Crippen molar-refractivity contribution in [1.29, 1.82) is 0 Å². The van der Waals surface area contributed by atoms with Crippen LogP contribution < -0.4 is 5.32 Å². The van der Waals surface area contributed by atoms with Crippen LogP contribution in [0.25, 0.3) is 0 Å². The van der Waals surface area contributed by atoms with Crippen molar-refractivity contribution in [2.75, 3.05) is 32.9 Å². The number of hydrogen-bond donors (Lipinski definition) is 1. The fraction of sp³-hybridized carbons (Fsp3) is 1.00. The van der Waals surface area contributed by atoms with Crippen LogP contribution in [0.3, 0.4) is 0 Å². The molecule has 1 saturated heterocycles. The molecule has 14 heavy (non-hydrogen) atoms. The Bertz CT molecular complexity index is 126. The van der Waals surface area contributed by atoms with Crippen LogP contribution in [0.4, 0.5) is 0 Å². The lowest BCUT2D eigenvalue weighted by Crippen LogP contribution is -2.36. The summed E-state index contributed by atoms with van der Waals surface area (Å²) in [6, 6.07) is 0. The first-order valence-electron chi connectivity index (χ1n) is 5.83. The maximum Gasteiger partial charge on any atom is 0.104 e. The Balaban J connectivity index is 1.67. The maximum absolute atomic E-state index is 5.56. The molecule has 1 N–H and O–H groups in total. The van der Waals surface area contributed by atoms with E-state index in [0.717, 1.165) is 32.9 Å². The minimum atomic E-state index is 0.396. The summed E-state index contributed by atoms with van der Waals surface area (Å²) < 4.78 is 10.6. The summed E-state index contributed by atoms with van der Waals surface area (Å²) in [7, 11) is 0. The minimum absolute atomic E-state index is 0.396. The average Bonchev–Trinajstić information content (AvgIpc) is 2.13. The van der Waals surface area contributed by atoms with Gasteiger partial charge in [-0.1, -0.05) is 6.92 Å². The molecule has 0 aromatic carbocycles. The molecular weight excluding hydrogens is 178 g/mol. The third-order valence-corrected chi connectivity index (χ3v) is 2.39. The monoisotopic (exact) mass is 201 g/mol. The van der Waals surface area contributed by atoms with E-state index >= 15 is 0 Å². The predicted octanol–water partition coefficient (Wildman–Crippen LogP) is 1.57. The molecule has 0 aromatic heterocycles. The molecule has 1 aliphatic rings. The zero-order chi connectivity index (χ0) is 10.1. The molecule has 0 saturated carbocycles. The first kappa shape index (κ1) is 12.0. The molecule has 3 heteroatoms. The van der Waals surface area contributed by atoms with Crippen molar-refractivity contribution in [2.45, 2.75) is 38.7 Å². The second kappa shape index (κ2) is 8.21. The lowest BCUT2D eigenvalue weighted by atomic mass is 10.2. The van der Waals surface area contributed by atoms with E-state index < -0.39 is 0 Å². The Morgan fingerprint density at radius 1 is 1.21 bits per heavy atom. The van der Waals surface area contributed by atoms with Gasteiger partial charge in [-0.15, -0.1) is 0 Å². The minimum Gasteiger partial charge on any atom is -0.376 e. The van der Waals surface area contributed by atoms with E-state index in [1.165, 1.54) is 25.7 Å². The van der Waals surface area contributed by atoms with Gasteiger partial charge in [-0.25, -0.2) is 0 Å². The topological polar surface area (TPSA) is 30.5 Å². The molecule has 0 atom stereocenters. The van der Waals surface area contributed by atoms with Crippen LogP contribution in [0.5, 0.6) is 0 Å². The summed E-state index contributed by atoms with van der Waals surface area (Å²) in [5, 5.41) is 3.40. The van der Waals surface area contributed by atoms with Gasteiger partial charge in [0.25, 0.3) is 0 Å².